The van der Waals surface area contributed by atoms with Gasteiger partial charge in [0.05, 0.1) is 36.3 Å². The van der Waals surface area contributed by atoms with Gasteiger partial charge < -0.3 is 106 Å². The van der Waals surface area contributed by atoms with E-state index in [4.69, 9.17) is 86.1 Å². The molecule has 0 saturated carbocycles. The summed E-state index contributed by atoms with van der Waals surface area (Å²) in [5.74, 6) is 3.09. The zero-order valence-electron chi connectivity index (χ0n) is 60.8. The van der Waals surface area contributed by atoms with E-state index in [1.54, 1.807) is 24.8 Å². The van der Waals surface area contributed by atoms with E-state index in [2.05, 4.69) is 36.0 Å². The summed E-state index contributed by atoms with van der Waals surface area (Å²) in [5, 5.41) is 12.4. The van der Waals surface area contributed by atoms with Crippen molar-refractivity contribution in [3.8, 4) is 0 Å². The molecule has 8 amide bonds. The number of carbonyl (C=O) groups excluding carboxylic acids is 12. The Kier molecular flexibility index (Phi) is 54.6. The van der Waals surface area contributed by atoms with Crippen molar-refractivity contribution in [3.63, 3.8) is 0 Å². The topological polar surface area (TPSA) is 690 Å². The van der Waals surface area contributed by atoms with Crippen LogP contribution in [-0.4, -0.2) is 181 Å². The standard InChI is InChI=1S/C13H19N3O2.C12H23N3O2.C12H17N3O2.C12H16N2O3.C7H14N2O.2C5H11N3O.C4H11N3O/c14-11(4-5-13(15)18)12(17)3-1-2-10-6-8-16-9-7-10;2*13-10(2-4-12(14)17)11(16)3-1-9-5-7-15-8-6-9;13-10(8-17-12(14)16)11(15)7-6-9-4-2-1-3-5-9;8-7(10)4-3-6-2-1-5-9-6;2*6-3-1-4(5(7)9)8-2-3;5-3-1-2-4(8)7-6/h6-9,11H,1-5,14H2,(H2,15,18);9-10,15H,1-8,13H2,(H2,14,17);5-8,10H,1-4,13H2,(H2,14,17);1-5,10H,6-8,13H2,(H2,14,16);6,9H,1-5H2,(H2,8,10);2*3-4,8H,1-2,6H2,(H2,7,9);1-3,5-6H2,(H,7,8)/t11-;3*10-;6-;2*3-,4-;/m0000110./s1. The lowest BCUT2D eigenvalue weighted by molar-refractivity contribution is -0.122. The maximum absolute atomic E-state index is 11.7. The highest BCUT2D eigenvalue weighted by molar-refractivity contribution is 5.87. The number of hydrogen-bond donors (Lipinski definition) is 20. The zero-order chi connectivity index (χ0) is 78.9. The smallest absolute Gasteiger partial charge is 0.404 e. The quantitative estimate of drug-likeness (QED) is 0.0151. The monoisotopic (exact) mass is 1480 g/mol. The minimum absolute atomic E-state index is 0.00898. The van der Waals surface area contributed by atoms with E-state index >= 15 is 0 Å². The van der Waals surface area contributed by atoms with Gasteiger partial charge in [-0.3, -0.25) is 68.1 Å². The zero-order valence-corrected chi connectivity index (χ0v) is 60.8. The lowest BCUT2D eigenvalue weighted by atomic mass is 9.91. The predicted molar refractivity (Wildman–Crippen MR) is 399 cm³/mol. The first-order valence-electron chi connectivity index (χ1n) is 35.6. The summed E-state index contributed by atoms with van der Waals surface area (Å²) >= 11 is 0. The van der Waals surface area contributed by atoms with Gasteiger partial charge in [-0.05, 0) is 176 Å². The second-order valence-electron chi connectivity index (χ2n) is 25.7. The fourth-order valence-electron chi connectivity index (χ4n) is 10.3. The first-order valence-corrected chi connectivity index (χ1v) is 35.6. The van der Waals surface area contributed by atoms with E-state index in [0.29, 0.717) is 121 Å². The van der Waals surface area contributed by atoms with Crippen LogP contribution in [0.4, 0.5) is 4.79 Å². The fourth-order valence-corrected chi connectivity index (χ4v) is 10.3. The molecule has 35 nitrogen and oxygen atoms in total. The van der Waals surface area contributed by atoms with E-state index in [1.165, 1.54) is 12.8 Å². The molecule has 0 aliphatic carbocycles. The molecule has 4 aliphatic heterocycles. The Labute approximate surface area is 616 Å². The largest absolute Gasteiger partial charge is 0.448 e. The maximum Gasteiger partial charge on any atom is 0.404 e. The molecule has 4 fully saturated rings. The number of rotatable bonds is 36. The summed E-state index contributed by atoms with van der Waals surface area (Å²) in [4.78, 5) is 138. The number of aryl methyl sites for hydroxylation is 3. The first-order chi connectivity index (χ1) is 49.9. The summed E-state index contributed by atoms with van der Waals surface area (Å²) in [6.45, 7) is 4.97. The number of benzene rings is 1. The molecule has 7 rings (SSSR count). The van der Waals surface area contributed by atoms with Crippen LogP contribution < -0.4 is 113 Å². The summed E-state index contributed by atoms with van der Waals surface area (Å²) in [6, 6.07) is 15.1. The van der Waals surface area contributed by atoms with Gasteiger partial charge in [-0.1, -0.05) is 30.3 Å². The first kappa shape index (κ1) is 96.3. The number of aromatic nitrogens is 2. The molecule has 4 aliphatic rings. The summed E-state index contributed by atoms with van der Waals surface area (Å²) < 4.78 is 4.47. The normalized spacial score (nSPS) is 18.0. The molecule has 35 N–H and O–H groups in total. The van der Waals surface area contributed by atoms with Crippen LogP contribution in [0.25, 0.3) is 0 Å². The number of nitrogens with two attached hydrogens (primary N) is 15. The summed E-state index contributed by atoms with van der Waals surface area (Å²) in [7, 11) is 0. The van der Waals surface area contributed by atoms with E-state index in [0.717, 1.165) is 74.8 Å². The molecule has 0 radical (unpaired) electrons. The number of ketones is 4. The van der Waals surface area contributed by atoms with Crippen molar-refractivity contribution >= 4 is 70.6 Å². The number of piperidine rings is 1. The van der Waals surface area contributed by atoms with Crippen LogP contribution in [-0.2, 0) is 76.7 Å². The van der Waals surface area contributed by atoms with E-state index < -0.39 is 48.0 Å². The van der Waals surface area contributed by atoms with Gasteiger partial charge in [0, 0.05) is 114 Å². The van der Waals surface area contributed by atoms with E-state index in [1.807, 2.05) is 60.0 Å². The minimum Gasteiger partial charge on any atom is -0.448 e. The van der Waals surface area contributed by atoms with Gasteiger partial charge >= 0.3 is 6.09 Å². The summed E-state index contributed by atoms with van der Waals surface area (Å²) in [5.41, 5.74) is 78.8. The van der Waals surface area contributed by atoms with Gasteiger partial charge in [-0.2, -0.15) is 0 Å². The molecular weight excluding hydrogens is 1360 g/mol. The Morgan fingerprint density at radius 3 is 1.29 bits per heavy atom. The Morgan fingerprint density at radius 2 is 0.905 bits per heavy atom. The third-order valence-corrected chi connectivity index (χ3v) is 16.7. The molecule has 4 saturated heterocycles. The Morgan fingerprint density at radius 1 is 0.476 bits per heavy atom. The van der Waals surface area contributed by atoms with E-state index in [-0.39, 0.29) is 96.8 Å². The molecule has 0 spiro atoms. The molecule has 105 heavy (non-hydrogen) atoms. The third-order valence-electron chi connectivity index (χ3n) is 16.7. The number of nitrogens with one attached hydrogen (secondary N) is 5. The SMILES string of the molecule is NC(=O)CC[C@H](N)C(=O)CCC1CCNCC1.NC(=O)CC[C@H](N)C(=O)CCCc1ccncc1.NC(=O)CC[C@H](N)C(=O)CCc1ccncc1.NC(=O)CC[C@H]1CCCN1.NC(=O)OC[C@H](N)C(=O)CCc1ccccc1.NC(=O)[C@@H]1C[C@H](N)CN1.NC(=O)[C@H]1C[C@@H](N)CN1.NCCCC(=O)NN. The number of hydrazine groups is 1. The second-order valence-corrected chi connectivity index (χ2v) is 25.7. The Balaban J connectivity index is 0.00000120. The molecule has 2 aromatic heterocycles. The van der Waals surface area contributed by atoms with Crippen molar-refractivity contribution in [1.29, 1.82) is 0 Å². The average molecular weight is 1480 g/mol. The van der Waals surface area contributed by atoms with Crippen LogP contribution in [0.3, 0.4) is 0 Å². The number of carbonyl (C=O) groups is 12. The molecule has 0 bridgehead atoms. The number of amides is 8. The highest BCUT2D eigenvalue weighted by Gasteiger charge is 2.26. The highest BCUT2D eigenvalue weighted by Crippen LogP contribution is 2.19. The Hall–Kier alpha value is -8.72. The molecule has 6 heterocycles. The van der Waals surface area contributed by atoms with Crippen molar-refractivity contribution in [1.82, 2.24) is 36.7 Å². The van der Waals surface area contributed by atoms with Crippen LogP contribution in [0, 0.1) is 5.92 Å². The number of pyridine rings is 2. The number of Topliss-reactive ketones (excluding diaryl/α,β-unsaturated/α-hetero) is 4. The lowest BCUT2D eigenvalue weighted by Crippen LogP contribution is -2.37. The van der Waals surface area contributed by atoms with Gasteiger partial charge in [-0.15, -0.1) is 0 Å². The van der Waals surface area contributed by atoms with E-state index in [9.17, 15) is 57.5 Å². The molecule has 1 aromatic carbocycles. The molecule has 590 valence electrons. The molecule has 35 heteroatoms. The van der Waals surface area contributed by atoms with Gasteiger partial charge in [0.2, 0.25) is 41.4 Å². The average Bonchev–Trinajstić information content (AvgIpc) is 1.96. The van der Waals surface area contributed by atoms with Crippen molar-refractivity contribution in [2.45, 2.75) is 215 Å². The fraction of sp³-hybridized carbons (Fsp3) is 0.600. The molecule has 9 atom stereocenters. The molecule has 0 unspecified atom stereocenters. The van der Waals surface area contributed by atoms with Crippen LogP contribution in [0.15, 0.2) is 79.4 Å². The number of nitrogens with zero attached hydrogens (tertiary/aromatic N) is 2. The highest BCUT2D eigenvalue weighted by atomic mass is 16.5. The third kappa shape index (κ3) is 53.7. The number of hydrogen-bond acceptors (Lipinski definition) is 27. The number of ether oxygens (including phenoxy) is 1. The minimum atomic E-state index is -0.920. The lowest BCUT2D eigenvalue weighted by Gasteiger charge is -2.22. The Bertz CT molecular complexity index is 2870. The van der Waals surface area contributed by atoms with Crippen LogP contribution in [0.2, 0.25) is 0 Å². The predicted octanol–water partition coefficient (Wildman–Crippen LogP) is -3.68. The van der Waals surface area contributed by atoms with Gasteiger partial charge in [0.25, 0.3) is 0 Å². The van der Waals surface area contributed by atoms with Crippen molar-refractivity contribution in [3.05, 3.63) is 96.1 Å². The molecular formula is C70H122N22O13. The van der Waals surface area contributed by atoms with Crippen molar-refractivity contribution in [2.75, 3.05) is 45.9 Å². The summed E-state index contributed by atoms with van der Waals surface area (Å²) in [6.07, 6.45) is 21.6. The van der Waals surface area contributed by atoms with Crippen molar-refractivity contribution in [2.24, 2.45) is 92.0 Å². The molecule has 3 aromatic rings. The van der Waals surface area contributed by atoms with Crippen LogP contribution in [0.1, 0.15) is 158 Å². The van der Waals surface area contributed by atoms with Gasteiger partial charge in [0.15, 0.2) is 5.78 Å². The number of primary amides is 7. The van der Waals surface area contributed by atoms with Gasteiger partial charge in [0.1, 0.15) is 24.0 Å². The van der Waals surface area contributed by atoms with Crippen LogP contribution >= 0.6 is 0 Å². The van der Waals surface area contributed by atoms with Gasteiger partial charge in [-0.25, -0.2) is 10.6 Å². The van der Waals surface area contributed by atoms with Crippen molar-refractivity contribution < 1.29 is 62.3 Å². The maximum atomic E-state index is 11.7. The second kappa shape index (κ2) is 59.5. The van der Waals surface area contributed by atoms with Crippen LogP contribution in [0.5, 0.6) is 0 Å².